The number of hydrogen-bond donors (Lipinski definition) is 0. The van der Waals surface area contributed by atoms with Gasteiger partial charge in [-0.3, -0.25) is 0 Å². The molecule has 0 unspecified atom stereocenters. The summed E-state index contributed by atoms with van der Waals surface area (Å²) in [6.07, 6.45) is 0. The molecule has 12 aromatic rings. The molecule has 376 valence electrons. The molecule has 0 radical (unpaired) electrons. The van der Waals surface area contributed by atoms with E-state index in [1.807, 2.05) is 36.4 Å². The van der Waals surface area contributed by atoms with Crippen molar-refractivity contribution >= 4 is 107 Å². The van der Waals surface area contributed by atoms with Gasteiger partial charge in [-0.05, 0) is 0 Å². The standard InChI is InChI=1S/C74H50Ge2N2O2/c79-73-62-48-42-54(52-39-45-60(46-40-52)78-71-35-19-15-31-67(71)76(57-25-9-3-10-26-57,58-27-11-4-12-28-58)68-32-16-20-36-72(68)78)50-64(62)74(80)61-47-41-53(49-63(61)73)51-37-43-59(44-38-51)77-69-33-17-13-29-65(69)75(55-21-5-1-6-22-55,56-23-7-2-8-24-56)66-30-14-18-34-70(66)77/h1-50H. The molecule has 80 heavy (non-hydrogen) atoms. The monoisotopic (exact) mass is 1150 g/mol. The Balaban J connectivity index is 0.733. The van der Waals surface area contributed by atoms with Crippen LogP contribution in [0.4, 0.5) is 34.1 Å². The summed E-state index contributed by atoms with van der Waals surface area (Å²) in [4.78, 5) is 33.9. The normalized spacial score (nSPS) is 14.2. The second kappa shape index (κ2) is 19.2. The number of benzene rings is 12. The van der Waals surface area contributed by atoms with E-state index in [-0.39, 0.29) is 11.6 Å². The number of carbonyl (C=O) groups excluding carboxylic acids is 2. The molecule has 0 bridgehead atoms. The van der Waals surface area contributed by atoms with Crippen molar-refractivity contribution in [2.24, 2.45) is 0 Å². The van der Waals surface area contributed by atoms with Gasteiger partial charge >= 0.3 is 475 Å². The van der Waals surface area contributed by atoms with Crippen molar-refractivity contribution in [3.63, 3.8) is 0 Å². The van der Waals surface area contributed by atoms with Gasteiger partial charge in [0.1, 0.15) is 0 Å². The van der Waals surface area contributed by atoms with E-state index >= 15 is 0 Å². The van der Waals surface area contributed by atoms with E-state index in [4.69, 9.17) is 0 Å². The molecule has 2 heterocycles. The second-order valence-corrected chi connectivity index (χ2v) is 36.6. The first-order valence-electron chi connectivity index (χ1n) is 27.3. The molecule has 6 heteroatoms. The van der Waals surface area contributed by atoms with E-state index in [2.05, 4.69) is 277 Å². The summed E-state index contributed by atoms with van der Waals surface area (Å²) >= 11 is -7.00. The molecule has 0 spiro atoms. The zero-order valence-corrected chi connectivity index (χ0v) is 47.8. The van der Waals surface area contributed by atoms with Gasteiger partial charge in [0.05, 0.1) is 0 Å². The molecule has 0 aromatic heterocycles. The molecule has 0 saturated carbocycles. The number of fused-ring (bicyclic) bond motifs is 6. The molecule has 0 amide bonds. The Hall–Kier alpha value is -9.33. The van der Waals surface area contributed by atoms with Crippen molar-refractivity contribution in [2.75, 3.05) is 9.80 Å². The second-order valence-electron chi connectivity index (χ2n) is 21.0. The molecule has 15 rings (SSSR count). The molecular weight excluding hydrogens is 1090 g/mol. The maximum atomic E-state index is 14.5. The maximum absolute atomic E-state index is 14.5. The fourth-order valence-corrected chi connectivity index (χ4v) is 34.9. The number of hydrogen-bond acceptors (Lipinski definition) is 4. The quantitative estimate of drug-likeness (QED) is 0.142. The first-order valence-corrected chi connectivity index (χ1v) is 35.7. The molecule has 0 fully saturated rings. The van der Waals surface area contributed by atoms with E-state index in [1.165, 1.54) is 57.9 Å². The Morgan fingerprint density at radius 1 is 0.225 bits per heavy atom. The fraction of sp³-hybridized carbons (Fsp3) is 0. The summed E-state index contributed by atoms with van der Waals surface area (Å²) in [7, 11) is 0. The topological polar surface area (TPSA) is 40.6 Å². The summed E-state index contributed by atoms with van der Waals surface area (Å²) in [5, 5.41) is 0. The third-order valence-corrected chi connectivity index (χ3v) is 37.4. The van der Waals surface area contributed by atoms with Crippen LogP contribution in [0, 0.1) is 0 Å². The number of rotatable bonds is 8. The van der Waals surface area contributed by atoms with Crippen LogP contribution in [-0.4, -0.2) is 38.1 Å². The zero-order valence-electron chi connectivity index (χ0n) is 43.6. The van der Waals surface area contributed by atoms with Crippen LogP contribution in [0.2, 0.25) is 0 Å². The van der Waals surface area contributed by atoms with Crippen molar-refractivity contribution < 1.29 is 9.59 Å². The summed E-state index contributed by atoms with van der Waals surface area (Å²) in [6.45, 7) is 0. The van der Waals surface area contributed by atoms with Crippen molar-refractivity contribution in [1.29, 1.82) is 0 Å². The Morgan fingerprint density at radius 3 is 0.762 bits per heavy atom. The van der Waals surface area contributed by atoms with Gasteiger partial charge in [-0.2, -0.15) is 0 Å². The number of para-hydroxylation sites is 4. The number of anilines is 6. The molecular formula is C74H50Ge2N2O2. The van der Waals surface area contributed by atoms with Gasteiger partial charge in [0.25, 0.3) is 0 Å². The van der Waals surface area contributed by atoms with Crippen molar-refractivity contribution in [3.05, 3.63) is 326 Å². The average molecular weight is 1140 g/mol. The minimum atomic E-state index is -3.50. The SMILES string of the molecule is O=C1c2ccc(-c3ccc(N4c5cccc[c]5[Ge]([c]5ccccc5)([c]5ccccc5)[c]5ccccc54)cc3)cc2C(=O)c2ccc(-c3ccc(N4c5cccc[c]5[Ge]([c]5ccccc5)([c]5ccccc5)[c]5ccccc54)cc3)cc21. The molecule has 2 aliphatic heterocycles. The van der Waals surface area contributed by atoms with E-state index in [9.17, 15) is 9.59 Å². The minimum absolute atomic E-state index is 0.142. The van der Waals surface area contributed by atoms with Crippen LogP contribution in [-0.2, 0) is 0 Å². The number of ketones is 2. The Bertz CT molecular complexity index is 3930. The first-order chi connectivity index (χ1) is 39.5. The fourth-order valence-electron chi connectivity index (χ4n) is 13.5. The predicted octanol–water partition coefficient (Wildman–Crippen LogP) is 12.1. The van der Waals surface area contributed by atoms with Crippen LogP contribution < -0.4 is 45.0 Å². The van der Waals surface area contributed by atoms with Gasteiger partial charge in [-0.15, -0.1) is 0 Å². The van der Waals surface area contributed by atoms with E-state index in [1.54, 1.807) is 0 Å². The number of nitrogens with zero attached hydrogens (tertiary/aromatic N) is 2. The summed E-state index contributed by atoms with van der Waals surface area (Å²) in [6, 6.07) is 109. The van der Waals surface area contributed by atoms with Crippen LogP contribution in [0.15, 0.2) is 303 Å². The number of carbonyl (C=O) groups is 2. The van der Waals surface area contributed by atoms with Crippen LogP contribution in [0.3, 0.4) is 0 Å². The van der Waals surface area contributed by atoms with Gasteiger partial charge in [-0.25, -0.2) is 0 Å². The third-order valence-electron chi connectivity index (χ3n) is 17.0. The van der Waals surface area contributed by atoms with E-state index in [0.717, 1.165) is 33.6 Å². The molecule has 12 aromatic carbocycles. The van der Waals surface area contributed by atoms with Crippen LogP contribution >= 0.6 is 0 Å². The van der Waals surface area contributed by atoms with Gasteiger partial charge in [-0.1, -0.05) is 0 Å². The molecule has 4 nitrogen and oxygen atoms in total. The Kier molecular flexibility index (Phi) is 11.5. The molecule has 0 saturated heterocycles. The average Bonchev–Trinajstić information content (AvgIpc) is 3.66. The van der Waals surface area contributed by atoms with Gasteiger partial charge in [0.2, 0.25) is 0 Å². The predicted molar refractivity (Wildman–Crippen MR) is 334 cm³/mol. The van der Waals surface area contributed by atoms with Crippen molar-refractivity contribution in [1.82, 2.24) is 0 Å². The van der Waals surface area contributed by atoms with Gasteiger partial charge < -0.3 is 0 Å². The molecule has 0 N–H and O–H groups in total. The van der Waals surface area contributed by atoms with Gasteiger partial charge in [0.15, 0.2) is 0 Å². The molecule has 3 aliphatic rings. The van der Waals surface area contributed by atoms with Crippen LogP contribution in [0.5, 0.6) is 0 Å². The summed E-state index contributed by atoms with van der Waals surface area (Å²) < 4.78 is 11.1. The summed E-state index contributed by atoms with van der Waals surface area (Å²) in [5.74, 6) is -0.284. The van der Waals surface area contributed by atoms with Gasteiger partial charge in [0, 0.05) is 0 Å². The van der Waals surface area contributed by atoms with Crippen LogP contribution in [0.25, 0.3) is 22.3 Å². The first kappa shape index (κ1) is 47.8. The van der Waals surface area contributed by atoms with E-state index in [0.29, 0.717) is 22.3 Å². The van der Waals surface area contributed by atoms with E-state index < -0.39 is 26.5 Å². The van der Waals surface area contributed by atoms with Crippen molar-refractivity contribution in [3.8, 4) is 22.3 Å². The molecule has 1 aliphatic carbocycles. The van der Waals surface area contributed by atoms with Crippen molar-refractivity contribution in [2.45, 2.75) is 0 Å². The zero-order chi connectivity index (χ0) is 53.4. The Labute approximate surface area is 471 Å². The Morgan fingerprint density at radius 2 is 0.475 bits per heavy atom. The third kappa shape index (κ3) is 7.22. The summed E-state index contributed by atoms with van der Waals surface area (Å²) in [5.41, 5.74) is 12.3. The van der Waals surface area contributed by atoms with Crippen LogP contribution in [0.1, 0.15) is 31.8 Å². The molecule has 0 atom stereocenters.